The summed E-state index contributed by atoms with van der Waals surface area (Å²) in [5, 5.41) is 6.91. The zero-order valence-corrected chi connectivity index (χ0v) is 5.52. The minimum atomic E-state index is -0.215. The summed E-state index contributed by atoms with van der Waals surface area (Å²) in [7, 11) is 0. The molecule has 50 valence electrons. The summed E-state index contributed by atoms with van der Waals surface area (Å²) in [6, 6.07) is 0. The molecule has 0 amide bonds. The fraction of sp³-hybridized carbons (Fsp3) is 0. The van der Waals surface area contributed by atoms with Crippen LogP contribution in [0.5, 0.6) is 0 Å². The fourth-order valence-corrected chi connectivity index (χ4v) is 0.467. The molecule has 1 N–H and O–H groups in total. The molecule has 0 aromatic heterocycles. The van der Waals surface area contributed by atoms with Crippen molar-refractivity contribution >= 4 is 11.5 Å². The van der Waals surface area contributed by atoms with Crippen molar-refractivity contribution < 1.29 is 21.3 Å². The maximum Gasteiger partial charge on any atom is 0.203 e. The van der Waals surface area contributed by atoms with Crippen molar-refractivity contribution in [1.82, 2.24) is 0 Å². The predicted molar refractivity (Wildman–Crippen MR) is 31.0 cm³/mol. The normalized spacial score (nSPS) is 15.6. The molecular formula is C6H5NNiO. The topological polar surface area (TPSA) is 40.9 Å². The first kappa shape index (κ1) is 8.31. The predicted octanol–water partition coefficient (Wildman–Crippen LogP) is 0.699. The molecule has 3 heteroatoms. The summed E-state index contributed by atoms with van der Waals surface area (Å²) in [4.78, 5) is 10.4. The quantitative estimate of drug-likeness (QED) is 0.417. The molecule has 0 fully saturated rings. The van der Waals surface area contributed by atoms with E-state index in [0.717, 1.165) is 0 Å². The number of carbonyl (C=O) groups is 1. The number of hydrogen-bond acceptors (Lipinski definition) is 2. The number of ketones is 1. The molecule has 0 saturated carbocycles. The van der Waals surface area contributed by atoms with Crippen LogP contribution in [0.15, 0.2) is 24.3 Å². The molecule has 9 heavy (non-hydrogen) atoms. The van der Waals surface area contributed by atoms with Crippen molar-refractivity contribution in [2.45, 2.75) is 0 Å². The van der Waals surface area contributed by atoms with Gasteiger partial charge in [-0.15, -0.1) is 0 Å². The smallest absolute Gasteiger partial charge is 0.203 e. The summed E-state index contributed by atoms with van der Waals surface area (Å²) < 4.78 is 0. The largest absolute Gasteiger partial charge is 0.297 e. The molecule has 0 atom stereocenters. The van der Waals surface area contributed by atoms with Crippen LogP contribution >= 0.6 is 0 Å². The Hall–Kier alpha value is -0.686. The van der Waals surface area contributed by atoms with Gasteiger partial charge in [-0.05, 0) is 12.2 Å². The van der Waals surface area contributed by atoms with Crippen molar-refractivity contribution in [3.05, 3.63) is 24.3 Å². The van der Waals surface area contributed by atoms with E-state index in [1.165, 1.54) is 12.2 Å². The number of hydrogen-bond donors (Lipinski definition) is 1. The van der Waals surface area contributed by atoms with Gasteiger partial charge >= 0.3 is 0 Å². The van der Waals surface area contributed by atoms with Crippen molar-refractivity contribution in [1.29, 1.82) is 5.41 Å². The van der Waals surface area contributed by atoms with Crippen LogP contribution in [0.1, 0.15) is 0 Å². The van der Waals surface area contributed by atoms with Crippen LogP contribution in [0.3, 0.4) is 0 Å². The molecule has 2 nitrogen and oxygen atoms in total. The molecule has 0 saturated heterocycles. The molecule has 1 rings (SSSR count). The molecule has 1 aliphatic carbocycles. The Morgan fingerprint density at radius 2 is 1.78 bits per heavy atom. The maximum atomic E-state index is 10.4. The molecule has 0 aromatic carbocycles. The molecule has 0 spiro atoms. The Morgan fingerprint density at radius 3 is 2.11 bits per heavy atom. The second-order valence-corrected chi connectivity index (χ2v) is 1.50. The molecule has 0 radical (unpaired) electrons. The van der Waals surface area contributed by atoms with Crippen LogP contribution in [-0.2, 0) is 21.3 Å². The van der Waals surface area contributed by atoms with E-state index in [1.807, 2.05) is 0 Å². The third-order valence-corrected chi connectivity index (χ3v) is 0.887. The molecule has 0 unspecified atom stereocenters. The average molecular weight is 166 g/mol. The third kappa shape index (κ3) is 1.94. The monoisotopic (exact) mass is 165 g/mol. The van der Waals surface area contributed by atoms with E-state index in [2.05, 4.69) is 0 Å². The van der Waals surface area contributed by atoms with Gasteiger partial charge < -0.3 is 0 Å². The van der Waals surface area contributed by atoms with Gasteiger partial charge in [0, 0.05) is 16.5 Å². The minimum absolute atomic E-state index is 0. The van der Waals surface area contributed by atoms with Crippen LogP contribution in [-0.4, -0.2) is 11.5 Å². The van der Waals surface area contributed by atoms with Crippen LogP contribution in [0.2, 0.25) is 0 Å². The fourth-order valence-electron chi connectivity index (χ4n) is 0.467. The van der Waals surface area contributed by atoms with E-state index in [9.17, 15) is 4.79 Å². The Bertz CT molecular complexity index is 171. The Kier molecular flexibility index (Phi) is 3.10. The van der Waals surface area contributed by atoms with E-state index in [4.69, 9.17) is 5.41 Å². The van der Waals surface area contributed by atoms with E-state index in [0.29, 0.717) is 0 Å². The Morgan fingerprint density at radius 1 is 1.22 bits per heavy atom. The van der Waals surface area contributed by atoms with Gasteiger partial charge in [0.1, 0.15) is 5.71 Å². The van der Waals surface area contributed by atoms with Gasteiger partial charge in [0.2, 0.25) is 5.78 Å². The van der Waals surface area contributed by atoms with Crippen molar-refractivity contribution in [2.24, 2.45) is 0 Å². The Balaban J connectivity index is 0.000000640. The standard InChI is InChI=1S/C6H5NO.Ni/c7-5-3-1-2-4-6(5)8;/h1-4,7H;. The van der Waals surface area contributed by atoms with E-state index < -0.39 is 0 Å². The van der Waals surface area contributed by atoms with Crippen molar-refractivity contribution in [2.75, 3.05) is 0 Å². The van der Waals surface area contributed by atoms with Crippen molar-refractivity contribution in [3.63, 3.8) is 0 Å². The zero-order valence-electron chi connectivity index (χ0n) is 4.53. The number of nitrogens with one attached hydrogen (secondary N) is 1. The SMILES string of the molecule is N=C1C=CC=CC1=O.[Ni]. The number of allylic oxidation sites excluding steroid dienone is 4. The zero-order chi connectivity index (χ0) is 5.98. The molecule has 0 aliphatic heterocycles. The molecule has 0 aromatic rings. The van der Waals surface area contributed by atoms with E-state index >= 15 is 0 Å². The molecular weight excluding hydrogens is 161 g/mol. The van der Waals surface area contributed by atoms with Gasteiger partial charge in [0.15, 0.2) is 0 Å². The summed E-state index contributed by atoms with van der Waals surface area (Å²) in [5.74, 6) is -0.215. The van der Waals surface area contributed by atoms with Gasteiger partial charge in [-0.3, -0.25) is 10.2 Å². The first-order valence-electron chi connectivity index (χ1n) is 2.28. The number of rotatable bonds is 0. The van der Waals surface area contributed by atoms with Crippen LogP contribution in [0.4, 0.5) is 0 Å². The van der Waals surface area contributed by atoms with E-state index in [-0.39, 0.29) is 28.0 Å². The van der Waals surface area contributed by atoms with Gasteiger partial charge in [0.25, 0.3) is 0 Å². The van der Waals surface area contributed by atoms with Crippen molar-refractivity contribution in [3.8, 4) is 0 Å². The van der Waals surface area contributed by atoms with Crippen LogP contribution in [0.25, 0.3) is 0 Å². The third-order valence-electron chi connectivity index (χ3n) is 0.887. The maximum absolute atomic E-state index is 10.4. The van der Waals surface area contributed by atoms with E-state index in [1.54, 1.807) is 12.2 Å². The number of carbonyl (C=O) groups excluding carboxylic acids is 1. The molecule has 0 heterocycles. The summed E-state index contributed by atoms with van der Waals surface area (Å²) in [6.45, 7) is 0. The molecule has 1 aliphatic rings. The van der Waals surface area contributed by atoms with Gasteiger partial charge in [0.05, 0.1) is 0 Å². The summed E-state index contributed by atoms with van der Waals surface area (Å²) >= 11 is 0. The van der Waals surface area contributed by atoms with Gasteiger partial charge in [-0.25, -0.2) is 0 Å². The summed E-state index contributed by atoms with van der Waals surface area (Å²) in [5.41, 5.74) is 0.0625. The van der Waals surface area contributed by atoms with Crippen LogP contribution < -0.4 is 0 Å². The molecule has 0 bridgehead atoms. The first-order chi connectivity index (χ1) is 3.80. The Labute approximate surface area is 63.1 Å². The van der Waals surface area contributed by atoms with Gasteiger partial charge in [-0.1, -0.05) is 12.2 Å². The second kappa shape index (κ2) is 3.36. The minimum Gasteiger partial charge on any atom is -0.297 e. The average Bonchev–Trinajstić information content (AvgIpc) is 1.77. The van der Waals surface area contributed by atoms with Gasteiger partial charge in [-0.2, -0.15) is 0 Å². The second-order valence-electron chi connectivity index (χ2n) is 1.50. The first-order valence-corrected chi connectivity index (χ1v) is 2.28. The van der Waals surface area contributed by atoms with Crippen LogP contribution in [0, 0.1) is 5.41 Å². The summed E-state index contributed by atoms with van der Waals surface area (Å²) in [6.07, 6.45) is 6.15.